The molecule has 0 saturated carbocycles. The van der Waals surface area contributed by atoms with E-state index in [0.29, 0.717) is 13.0 Å². The van der Waals surface area contributed by atoms with Crippen LogP contribution in [0.2, 0.25) is 0 Å². The molecule has 0 radical (unpaired) electrons. The predicted octanol–water partition coefficient (Wildman–Crippen LogP) is 0.708. The van der Waals surface area contributed by atoms with Crippen molar-refractivity contribution in [1.29, 1.82) is 0 Å². The van der Waals surface area contributed by atoms with Gasteiger partial charge in [-0.25, -0.2) is 0 Å². The molecule has 7 N–H and O–H groups in total. The SMILES string of the molecule is CC(=O)N[C@H](C(=O)N1C[C@H](O)C[C@H]1C(=O)N[C@H](Cc1ccc(-c2ccccc2)cc1)C(N)=O)C(C)(C)CCN. The van der Waals surface area contributed by atoms with Gasteiger partial charge in [-0.05, 0) is 35.1 Å². The standard InChI is InChI=1S/C29H39N5O5/c1-18(35)32-25(29(2,3)13-14-30)28(39)34-17-22(36)16-24(34)27(38)33-23(26(31)37)15-19-9-11-21(12-10-19)20-7-5-4-6-8-20/h4-12,22-25,36H,13-17,30H2,1-3H3,(H2,31,37)(H,32,35)(H,33,38)/t22-,23-,24+,25-/m1/s1. The molecule has 0 aliphatic carbocycles. The molecule has 10 nitrogen and oxygen atoms in total. The molecule has 2 aromatic carbocycles. The summed E-state index contributed by atoms with van der Waals surface area (Å²) in [5, 5.41) is 15.7. The number of benzene rings is 2. The number of carbonyl (C=O) groups is 4. The molecule has 0 aromatic heterocycles. The van der Waals surface area contributed by atoms with Crippen molar-refractivity contribution in [2.24, 2.45) is 16.9 Å². The largest absolute Gasteiger partial charge is 0.391 e. The van der Waals surface area contributed by atoms with Gasteiger partial charge in [-0.2, -0.15) is 0 Å². The molecule has 0 spiro atoms. The van der Waals surface area contributed by atoms with Crippen LogP contribution in [-0.2, 0) is 25.6 Å². The van der Waals surface area contributed by atoms with Crippen molar-refractivity contribution in [3.63, 3.8) is 0 Å². The number of nitrogens with two attached hydrogens (primary N) is 2. The first kappa shape index (κ1) is 29.8. The third-order valence-electron chi connectivity index (χ3n) is 7.19. The minimum atomic E-state index is -1.03. The van der Waals surface area contributed by atoms with E-state index >= 15 is 0 Å². The molecule has 1 fully saturated rings. The number of rotatable bonds is 11. The van der Waals surface area contributed by atoms with Gasteiger partial charge in [0.15, 0.2) is 0 Å². The summed E-state index contributed by atoms with van der Waals surface area (Å²) in [6, 6.07) is 14.5. The fraction of sp³-hybridized carbons (Fsp3) is 0.448. The zero-order valence-corrected chi connectivity index (χ0v) is 22.7. The van der Waals surface area contributed by atoms with E-state index in [-0.39, 0.29) is 19.4 Å². The minimum Gasteiger partial charge on any atom is -0.391 e. The fourth-order valence-corrected chi connectivity index (χ4v) is 4.97. The Morgan fingerprint density at radius 2 is 1.64 bits per heavy atom. The van der Waals surface area contributed by atoms with Gasteiger partial charge >= 0.3 is 0 Å². The normalized spacial score (nSPS) is 18.7. The Bertz CT molecular complexity index is 1170. The Labute approximate surface area is 229 Å². The van der Waals surface area contributed by atoms with Gasteiger partial charge in [0.05, 0.1) is 6.10 Å². The molecule has 210 valence electrons. The summed E-state index contributed by atoms with van der Waals surface area (Å²) in [5.74, 6) is -2.20. The molecule has 3 rings (SSSR count). The lowest BCUT2D eigenvalue weighted by Crippen LogP contribution is -2.59. The molecular formula is C29H39N5O5. The van der Waals surface area contributed by atoms with Gasteiger partial charge in [0.25, 0.3) is 0 Å². The second kappa shape index (κ2) is 12.9. The van der Waals surface area contributed by atoms with E-state index in [9.17, 15) is 24.3 Å². The van der Waals surface area contributed by atoms with Crippen molar-refractivity contribution in [2.75, 3.05) is 13.1 Å². The number of aliphatic hydroxyl groups is 1. The summed E-state index contributed by atoms with van der Waals surface area (Å²) in [4.78, 5) is 52.4. The van der Waals surface area contributed by atoms with Gasteiger partial charge in [0.1, 0.15) is 18.1 Å². The van der Waals surface area contributed by atoms with E-state index in [2.05, 4.69) is 10.6 Å². The quantitative estimate of drug-likeness (QED) is 0.283. The molecular weight excluding hydrogens is 498 g/mol. The third-order valence-corrected chi connectivity index (χ3v) is 7.19. The number of hydrogen-bond donors (Lipinski definition) is 5. The van der Waals surface area contributed by atoms with Gasteiger partial charge in [0, 0.05) is 26.3 Å². The van der Waals surface area contributed by atoms with Crippen LogP contribution in [0, 0.1) is 5.41 Å². The van der Waals surface area contributed by atoms with Gasteiger partial charge in [-0.1, -0.05) is 68.4 Å². The van der Waals surface area contributed by atoms with Crippen molar-refractivity contribution in [3.8, 4) is 11.1 Å². The van der Waals surface area contributed by atoms with Crippen molar-refractivity contribution in [3.05, 3.63) is 60.2 Å². The van der Waals surface area contributed by atoms with E-state index in [1.54, 1.807) is 0 Å². The van der Waals surface area contributed by atoms with E-state index in [4.69, 9.17) is 11.5 Å². The maximum atomic E-state index is 13.6. The summed E-state index contributed by atoms with van der Waals surface area (Å²) >= 11 is 0. The Morgan fingerprint density at radius 3 is 2.21 bits per heavy atom. The number of nitrogens with one attached hydrogen (secondary N) is 2. The molecule has 1 saturated heterocycles. The number of likely N-dealkylation sites (tertiary alicyclic amines) is 1. The van der Waals surface area contributed by atoms with Crippen LogP contribution in [0.4, 0.5) is 0 Å². The minimum absolute atomic E-state index is 0.00105. The monoisotopic (exact) mass is 537 g/mol. The Hall–Kier alpha value is -3.76. The molecule has 0 bridgehead atoms. The average Bonchev–Trinajstić information content (AvgIpc) is 3.29. The lowest BCUT2D eigenvalue weighted by molar-refractivity contribution is -0.144. The molecule has 1 heterocycles. The van der Waals surface area contributed by atoms with Gasteiger partial charge in [-0.15, -0.1) is 0 Å². The first-order valence-corrected chi connectivity index (χ1v) is 13.1. The number of hydrogen-bond acceptors (Lipinski definition) is 6. The fourth-order valence-electron chi connectivity index (χ4n) is 4.97. The first-order valence-electron chi connectivity index (χ1n) is 13.1. The maximum Gasteiger partial charge on any atom is 0.246 e. The zero-order valence-electron chi connectivity index (χ0n) is 22.7. The molecule has 2 aromatic rings. The highest BCUT2D eigenvalue weighted by atomic mass is 16.3. The molecule has 39 heavy (non-hydrogen) atoms. The average molecular weight is 538 g/mol. The van der Waals surface area contributed by atoms with Crippen LogP contribution in [0.15, 0.2) is 54.6 Å². The van der Waals surface area contributed by atoms with Gasteiger partial charge in [0.2, 0.25) is 23.6 Å². The smallest absolute Gasteiger partial charge is 0.246 e. The highest BCUT2D eigenvalue weighted by molar-refractivity contribution is 5.94. The highest BCUT2D eigenvalue weighted by Crippen LogP contribution is 2.29. The van der Waals surface area contributed by atoms with Crippen LogP contribution in [0.3, 0.4) is 0 Å². The van der Waals surface area contributed by atoms with Crippen molar-refractivity contribution in [1.82, 2.24) is 15.5 Å². The van der Waals surface area contributed by atoms with E-state index < -0.39 is 53.3 Å². The Kier molecular flexibility index (Phi) is 9.82. The number of nitrogens with zero attached hydrogens (tertiary/aromatic N) is 1. The predicted molar refractivity (Wildman–Crippen MR) is 148 cm³/mol. The summed E-state index contributed by atoms with van der Waals surface area (Å²) in [6.45, 7) is 5.16. The first-order chi connectivity index (χ1) is 18.4. The molecule has 0 unspecified atom stereocenters. The second-order valence-corrected chi connectivity index (χ2v) is 10.8. The molecule has 4 atom stereocenters. The molecule has 1 aliphatic heterocycles. The van der Waals surface area contributed by atoms with E-state index in [1.807, 2.05) is 68.4 Å². The molecule has 1 aliphatic rings. The Balaban J connectivity index is 1.75. The van der Waals surface area contributed by atoms with E-state index in [1.165, 1.54) is 11.8 Å². The van der Waals surface area contributed by atoms with Crippen LogP contribution in [0.5, 0.6) is 0 Å². The summed E-state index contributed by atoms with van der Waals surface area (Å²) < 4.78 is 0. The third kappa shape index (κ3) is 7.64. The highest BCUT2D eigenvalue weighted by Gasteiger charge is 2.45. The molecule has 10 heteroatoms. The summed E-state index contributed by atoms with van der Waals surface area (Å²) in [7, 11) is 0. The number of amides is 4. The summed E-state index contributed by atoms with van der Waals surface area (Å²) in [5.41, 5.74) is 13.5. The van der Waals surface area contributed by atoms with Crippen LogP contribution in [-0.4, -0.2) is 71.0 Å². The second-order valence-electron chi connectivity index (χ2n) is 10.8. The maximum absolute atomic E-state index is 13.6. The van der Waals surface area contributed by atoms with Crippen molar-refractivity contribution >= 4 is 23.6 Å². The van der Waals surface area contributed by atoms with Crippen LogP contribution >= 0.6 is 0 Å². The lowest BCUT2D eigenvalue weighted by Gasteiger charge is -2.37. The Morgan fingerprint density at radius 1 is 1.03 bits per heavy atom. The topological polar surface area (TPSA) is 168 Å². The zero-order chi connectivity index (χ0) is 28.7. The number of β-amino-alcohol motifs (C(OH)–C–C–N with tert-alkyl or cyclic N) is 1. The number of carbonyl (C=O) groups excluding carboxylic acids is 4. The molecule has 4 amide bonds. The van der Waals surface area contributed by atoms with Crippen molar-refractivity contribution in [2.45, 2.75) is 64.3 Å². The van der Waals surface area contributed by atoms with Crippen molar-refractivity contribution < 1.29 is 24.3 Å². The van der Waals surface area contributed by atoms with Gasteiger partial charge < -0.3 is 32.1 Å². The van der Waals surface area contributed by atoms with Gasteiger partial charge in [-0.3, -0.25) is 19.2 Å². The number of primary amides is 1. The lowest BCUT2D eigenvalue weighted by atomic mass is 9.80. The van der Waals surface area contributed by atoms with E-state index in [0.717, 1.165) is 16.7 Å². The summed E-state index contributed by atoms with van der Waals surface area (Å²) in [6.07, 6.45) is -0.321. The van der Waals surface area contributed by atoms with Crippen LogP contribution in [0.25, 0.3) is 11.1 Å². The van der Waals surface area contributed by atoms with Crippen LogP contribution in [0.1, 0.15) is 39.2 Å². The number of aliphatic hydroxyl groups excluding tert-OH is 1. The van der Waals surface area contributed by atoms with Crippen LogP contribution < -0.4 is 22.1 Å².